The summed E-state index contributed by atoms with van der Waals surface area (Å²) in [6.07, 6.45) is 0. The number of likely N-dealkylation sites (N-methyl/N-ethyl adjacent to an activating group) is 1. The van der Waals surface area contributed by atoms with Crippen LogP contribution in [0.1, 0.15) is 17.8 Å². The second-order valence-corrected chi connectivity index (χ2v) is 4.39. The molecule has 1 aliphatic heterocycles. The molecular weight excluding hydrogens is 180 g/mol. The molecule has 1 atom stereocenters. The van der Waals surface area contributed by atoms with Crippen LogP contribution < -0.4 is 5.32 Å². The summed E-state index contributed by atoms with van der Waals surface area (Å²) in [6, 6.07) is 4.92. The minimum atomic E-state index is 0.564. The number of hydrogen-bond acceptors (Lipinski definition) is 3. The van der Waals surface area contributed by atoms with E-state index in [1.54, 1.807) is 0 Å². The summed E-state index contributed by atoms with van der Waals surface area (Å²) in [6.45, 7) is 6.88. The number of nitrogens with one attached hydrogen (secondary N) is 1. The standard InChI is InChI=1S/C10H16N2S/c1-2-12-6-5-11-9(8-12)10-4-3-7-13-10/h3-4,7,9,11H,2,5-6,8H2,1H3/t9-/m0/s1. The van der Waals surface area contributed by atoms with Gasteiger partial charge in [-0.15, -0.1) is 11.3 Å². The maximum atomic E-state index is 3.55. The zero-order valence-corrected chi connectivity index (χ0v) is 8.81. The minimum absolute atomic E-state index is 0.564. The molecule has 3 heteroatoms. The number of nitrogens with zero attached hydrogens (tertiary/aromatic N) is 1. The lowest BCUT2D eigenvalue weighted by molar-refractivity contribution is 0.212. The van der Waals surface area contributed by atoms with Gasteiger partial charge in [-0.1, -0.05) is 13.0 Å². The SMILES string of the molecule is CCN1CCN[C@H](c2cccs2)C1. The highest BCUT2D eigenvalue weighted by atomic mass is 32.1. The summed E-state index contributed by atoms with van der Waals surface area (Å²) in [7, 11) is 0. The Morgan fingerprint density at radius 1 is 1.69 bits per heavy atom. The van der Waals surface area contributed by atoms with Crippen molar-refractivity contribution in [2.45, 2.75) is 13.0 Å². The third-order valence-electron chi connectivity index (χ3n) is 2.59. The molecule has 2 nitrogen and oxygen atoms in total. The van der Waals surface area contributed by atoms with E-state index in [2.05, 4.69) is 34.7 Å². The summed E-state index contributed by atoms with van der Waals surface area (Å²) in [5.74, 6) is 0. The van der Waals surface area contributed by atoms with Gasteiger partial charge in [-0.25, -0.2) is 0 Å². The number of rotatable bonds is 2. The van der Waals surface area contributed by atoms with Crippen molar-refractivity contribution in [3.8, 4) is 0 Å². The smallest absolute Gasteiger partial charge is 0.0544 e. The van der Waals surface area contributed by atoms with Crippen LogP contribution in [0.5, 0.6) is 0 Å². The molecule has 1 fully saturated rings. The van der Waals surface area contributed by atoms with Gasteiger partial charge in [0.05, 0.1) is 6.04 Å². The molecule has 1 aromatic rings. The highest BCUT2D eigenvalue weighted by Crippen LogP contribution is 2.21. The van der Waals surface area contributed by atoms with Crippen molar-refractivity contribution in [2.24, 2.45) is 0 Å². The van der Waals surface area contributed by atoms with Crippen LogP contribution >= 0.6 is 11.3 Å². The predicted molar refractivity (Wildman–Crippen MR) is 57.2 cm³/mol. The third-order valence-corrected chi connectivity index (χ3v) is 3.58. The van der Waals surface area contributed by atoms with Gasteiger partial charge in [0.25, 0.3) is 0 Å². The van der Waals surface area contributed by atoms with Crippen molar-refractivity contribution in [2.75, 3.05) is 26.2 Å². The Labute approximate surface area is 83.6 Å². The van der Waals surface area contributed by atoms with Gasteiger partial charge in [0, 0.05) is 24.5 Å². The monoisotopic (exact) mass is 196 g/mol. The minimum Gasteiger partial charge on any atom is -0.307 e. The molecule has 0 unspecified atom stereocenters. The number of piperazine rings is 1. The average Bonchev–Trinajstić information content (AvgIpc) is 2.71. The summed E-state index contributed by atoms with van der Waals surface area (Å²) >= 11 is 1.85. The lowest BCUT2D eigenvalue weighted by Crippen LogP contribution is -2.45. The quantitative estimate of drug-likeness (QED) is 0.774. The van der Waals surface area contributed by atoms with E-state index >= 15 is 0 Å². The Morgan fingerprint density at radius 3 is 3.31 bits per heavy atom. The van der Waals surface area contributed by atoms with Crippen LogP contribution in [0.4, 0.5) is 0 Å². The van der Waals surface area contributed by atoms with E-state index in [0.717, 1.165) is 13.1 Å². The summed E-state index contributed by atoms with van der Waals surface area (Å²) in [4.78, 5) is 3.97. The fourth-order valence-corrected chi connectivity index (χ4v) is 2.57. The van der Waals surface area contributed by atoms with Crippen molar-refractivity contribution < 1.29 is 0 Å². The van der Waals surface area contributed by atoms with Crippen molar-refractivity contribution in [1.82, 2.24) is 10.2 Å². The van der Waals surface area contributed by atoms with E-state index in [1.165, 1.54) is 18.0 Å². The topological polar surface area (TPSA) is 15.3 Å². The zero-order valence-electron chi connectivity index (χ0n) is 7.99. The van der Waals surface area contributed by atoms with Gasteiger partial charge in [-0.3, -0.25) is 0 Å². The van der Waals surface area contributed by atoms with E-state index in [1.807, 2.05) is 11.3 Å². The van der Waals surface area contributed by atoms with Crippen LogP contribution in [0.3, 0.4) is 0 Å². The normalized spacial score (nSPS) is 24.8. The first-order valence-corrected chi connectivity index (χ1v) is 5.77. The number of thiophene rings is 1. The molecule has 0 amide bonds. The van der Waals surface area contributed by atoms with Crippen LogP contribution in [-0.2, 0) is 0 Å². The first kappa shape index (κ1) is 9.19. The van der Waals surface area contributed by atoms with Gasteiger partial charge < -0.3 is 10.2 Å². The molecule has 0 spiro atoms. The summed E-state index contributed by atoms with van der Waals surface area (Å²) < 4.78 is 0. The van der Waals surface area contributed by atoms with E-state index in [4.69, 9.17) is 0 Å². The Kier molecular flexibility index (Phi) is 2.98. The molecule has 2 heterocycles. The van der Waals surface area contributed by atoms with Crippen LogP contribution in [0, 0.1) is 0 Å². The zero-order chi connectivity index (χ0) is 9.10. The van der Waals surface area contributed by atoms with Gasteiger partial charge in [0.1, 0.15) is 0 Å². The van der Waals surface area contributed by atoms with Crippen LogP contribution in [0.25, 0.3) is 0 Å². The molecule has 1 aromatic heterocycles. The molecule has 72 valence electrons. The highest BCUT2D eigenvalue weighted by Gasteiger charge is 2.19. The van der Waals surface area contributed by atoms with Gasteiger partial charge in [0.15, 0.2) is 0 Å². The fourth-order valence-electron chi connectivity index (χ4n) is 1.78. The average molecular weight is 196 g/mol. The molecule has 0 aromatic carbocycles. The molecule has 0 aliphatic carbocycles. The predicted octanol–water partition coefficient (Wildman–Crippen LogP) is 1.71. The van der Waals surface area contributed by atoms with E-state index < -0.39 is 0 Å². The fraction of sp³-hybridized carbons (Fsp3) is 0.600. The molecule has 13 heavy (non-hydrogen) atoms. The van der Waals surface area contributed by atoms with Gasteiger partial charge in [0.2, 0.25) is 0 Å². The van der Waals surface area contributed by atoms with Crippen LogP contribution in [0.2, 0.25) is 0 Å². The van der Waals surface area contributed by atoms with Gasteiger partial charge in [-0.2, -0.15) is 0 Å². The Hall–Kier alpha value is -0.380. The molecule has 1 N–H and O–H groups in total. The Bertz CT molecular complexity index is 245. The molecule has 2 rings (SSSR count). The lowest BCUT2D eigenvalue weighted by Gasteiger charge is -2.32. The Morgan fingerprint density at radius 2 is 2.62 bits per heavy atom. The van der Waals surface area contributed by atoms with Crippen molar-refractivity contribution in [1.29, 1.82) is 0 Å². The van der Waals surface area contributed by atoms with Crippen LogP contribution in [0.15, 0.2) is 17.5 Å². The second-order valence-electron chi connectivity index (χ2n) is 3.42. The maximum Gasteiger partial charge on any atom is 0.0544 e. The molecule has 0 radical (unpaired) electrons. The van der Waals surface area contributed by atoms with Crippen molar-refractivity contribution >= 4 is 11.3 Å². The van der Waals surface area contributed by atoms with E-state index in [9.17, 15) is 0 Å². The number of hydrogen-bond donors (Lipinski definition) is 1. The van der Waals surface area contributed by atoms with E-state index in [0.29, 0.717) is 6.04 Å². The first-order valence-electron chi connectivity index (χ1n) is 4.89. The van der Waals surface area contributed by atoms with Crippen LogP contribution in [-0.4, -0.2) is 31.1 Å². The summed E-state index contributed by atoms with van der Waals surface area (Å²) in [5, 5.41) is 5.71. The lowest BCUT2D eigenvalue weighted by atomic mass is 10.2. The molecule has 0 saturated carbocycles. The van der Waals surface area contributed by atoms with Gasteiger partial charge in [-0.05, 0) is 18.0 Å². The molecule has 1 aliphatic rings. The summed E-state index contributed by atoms with van der Waals surface area (Å²) in [5.41, 5.74) is 0. The molecular formula is C10H16N2S. The second kappa shape index (κ2) is 4.22. The first-order chi connectivity index (χ1) is 6.40. The molecule has 0 bridgehead atoms. The van der Waals surface area contributed by atoms with Crippen molar-refractivity contribution in [3.63, 3.8) is 0 Å². The third kappa shape index (κ3) is 2.10. The largest absolute Gasteiger partial charge is 0.307 e. The highest BCUT2D eigenvalue weighted by molar-refractivity contribution is 7.10. The van der Waals surface area contributed by atoms with Gasteiger partial charge >= 0.3 is 0 Å². The van der Waals surface area contributed by atoms with Crippen molar-refractivity contribution in [3.05, 3.63) is 22.4 Å². The maximum absolute atomic E-state index is 3.55. The molecule has 1 saturated heterocycles. The van der Waals surface area contributed by atoms with E-state index in [-0.39, 0.29) is 0 Å². The Balaban J connectivity index is 2.00.